The van der Waals surface area contributed by atoms with Gasteiger partial charge in [0.1, 0.15) is 6.04 Å². The zero-order valence-corrected chi connectivity index (χ0v) is 8.30. The van der Waals surface area contributed by atoms with Gasteiger partial charge in [-0.05, 0) is 6.07 Å². The summed E-state index contributed by atoms with van der Waals surface area (Å²) in [5, 5.41) is 0. The molecule has 0 unspecified atom stereocenters. The van der Waals surface area contributed by atoms with Crippen molar-refractivity contribution in [3.8, 4) is 0 Å². The fourth-order valence-electron chi connectivity index (χ4n) is 0.957. The molecule has 0 spiro atoms. The van der Waals surface area contributed by atoms with Crippen LogP contribution < -0.4 is 5.73 Å². The third-order valence-electron chi connectivity index (χ3n) is 1.75. The van der Waals surface area contributed by atoms with E-state index in [4.69, 9.17) is 0 Å². The fraction of sp³-hybridized carbons (Fsp3) is 0.250. The van der Waals surface area contributed by atoms with E-state index < -0.39 is 35.2 Å². The topological polar surface area (TPSA) is 26.0 Å². The lowest BCUT2D eigenvalue weighted by atomic mass is 10.1. The van der Waals surface area contributed by atoms with Gasteiger partial charge in [-0.2, -0.15) is 13.2 Å². The summed E-state index contributed by atoms with van der Waals surface area (Å²) in [6.45, 7) is 0. The molecule has 0 heterocycles. The second-order valence-electron chi connectivity index (χ2n) is 2.78. The Morgan fingerprint density at radius 2 is 1.50 bits per heavy atom. The van der Waals surface area contributed by atoms with Gasteiger partial charge in [-0.25, -0.2) is 13.2 Å². The van der Waals surface area contributed by atoms with Crippen LogP contribution in [-0.2, 0) is 0 Å². The minimum Gasteiger partial charge on any atom is -0.316 e. The lowest BCUT2D eigenvalue weighted by Gasteiger charge is -2.16. The third-order valence-corrected chi connectivity index (χ3v) is 1.75. The molecule has 0 saturated heterocycles. The molecule has 2 N–H and O–H groups in total. The van der Waals surface area contributed by atoms with Crippen molar-refractivity contribution in [2.24, 2.45) is 5.73 Å². The van der Waals surface area contributed by atoms with E-state index in [2.05, 4.69) is 5.73 Å². The zero-order valence-electron chi connectivity index (χ0n) is 7.49. The first-order valence-electron chi connectivity index (χ1n) is 3.71. The molecule has 8 heteroatoms. The van der Waals surface area contributed by atoms with Gasteiger partial charge in [0.25, 0.3) is 0 Å². The predicted molar refractivity (Wildman–Crippen MR) is 46.5 cm³/mol. The summed E-state index contributed by atoms with van der Waals surface area (Å²) in [6.07, 6.45) is -4.91. The second kappa shape index (κ2) is 4.92. The first kappa shape index (κ1) is 15.0. The van der Waals surface area contributed by atoms with Crippen molar-refractivity contribution in [1.29, 1.82) is 0 Å². The maximum absolute atomic E-state index is 12.8. The summed E-state index contributed by atoms with van der Waals surface area (Å²) in [5.74, 6) is -5.45. The minimum atomic E-state index is -4.91. The van der Waals surface area contributed by atoms with Gasteiger partial charge in [0.15, 0.2) is 17.5 Å². The highest BCUT2D eigenvalue weighted by atomic mass is 35.5. The molecule has 0 aliphatic heterocycles. The van der Waals surface area contributed by atoms with Crippen LogP contribution in [0.5, 0.6) is 0 Å². The summed E-state index contributed by atoms with van der Waals surface area (Å²) in [4.78, 5) is 0. The van der Waals surface area contributed by atoms with Crippen LogP contribution in [0.1, 0.15) is 11.6 Å². The Kier molecular flexibility index (Phi) is 4.63. The van der Waals surface area contributed by atoms with E-state index in [0.717, 1.165) is 0 Å². The number of halogens is 7. The Morgan fingerprint density at radius 1 is 1.00 bits per heavy atom. The van der Waals surface area contributed by atoms with Crippen LogP contribution in [-0.4, -0.2) is 6.18 Å². The Balaban J connectivity index is 0.00000225. The van der Waals surface area contributed by atoms with Crippen LogP contribution >= 0.6 is 12.4 Å². The Morgan fingerprint density at radius 3 is 1.94 bits per heavy atom. The van der Waals surface area contributed by atoms with Crippen molar-refractivity contribution in [1.82, 2.24) is 0 Å². The first-order chi connectivity index (χ1) is 6.75. The standard InChI is InChI=1S/C8H5F6N.ClH/c9-4-2-1-3(5(10)6(4)11)7(15)8(12,13)14;/h1-2,7H,15H2;1H/t7-;/m1./s1. The van der Waals surface area contributed by atoms with Crippen molar-refractivity contribution in [3.05, 3.63) is 35.1 Å². The van der Waals surface area contributed by atoms with Crippen LogP contribution in [0.15, 0.2) is 12.1 Å². The Labute approximate surface area is 92.6 Å². The highest BCUT2D eigenvalue weighted by Gasteiger charge is 2.40. The number of hydrogen-bond donors (Lipinski definition) is 1. The van der Waals surface area contributed by atoms with E-state index in [0.29, 0.717) is 12.1 Å². The SMILES string of the molecule is Cl.N[C@H](c1ccc(F)c(F)c1F)C(F)(F)F. The second-order valence-corrected chi connectivity index (χ2v) is 2.78. The molecule has 1 aromatic rings. The minimum absolute atomic E-state index is 0. The van der Waals surface area contributed by atoms with Gasteiger partial charge in [0, 0.05) is 5.56 Å². The highest BCUT2D eigenvalue weighted by Crippen LogP contribution is 2.32. The largest absolute Gasteiger partial charge is 0.407 e. The molecule has 1 nitrogen and oxygen atoms in total. The molecule has 0 bridgehead atoms. The van der Waals surface area contributed by atoms with E-state index in [-0.39, 0.29) is 12.4 Å². The summed E-state index contributed by atoms with van der Waals surface area (Å²) in [6, 6.07) is -1.82. The molecule has 1 atom stereocenters. The molecular weight excluding hydrogens is 260 g/mol. The molecule has 1 rings (SSSR count). The normalized spacial score (nSPS) is 13.2. The number of alkyl halides is 3. The number of nitrogens with two attached hydrogens (primary N) is 1. The maximum atomic E-state index is 12.8. The molecule has 0 radical (unpaired) electrons. The molecule has 92 valence electrons. The first-order valence-corrected chi connectivity index (χ1v) is 3.71. The molecule has 0 aromatic heterocycles. The van der Waals surface area contributed by atoms with Gasteiger partial charge in [-0.1, -0.05) is 6.07 Å². The van der Waals surface area contributed by atoms with Crippen molar-refractivity contribution in [3.63, 3.8) is 0 Å². The Bertz CT molecular complexity index is 378. The van der Waals surface area contributed by atoms with Crippen molar-refractivity contribution in [2.75, 3.05) is 0 Å². The lowest BCUT2D eigenvalue weighted by Crippen LogP contribution is -2.29. The van der Waals surface area contributed by atoms with E-state index in [1.807, 2.05) is 0 Å². The van der Waals surface area contributed by atoms with Gasteiger partial charge < -0.3 is 5.73 Å². The molecule has 16 heavy (non-hydrogen) atoms. The van der Waals surface area contributed by atoms with Gasteiger partial charge in [0.2, 0.25) is 0 Å². The molecule has 0 amide bonds. The number of benzene rings is 1. The lowest BCUT2D eigenvalue weighted by molar-refractivity contribution is -0.149. The maximum Gasteiger partial charge on any atom is 0.407 e. The van der Waals surface area contributed by atoms with E-state index in [1.54, 1.807) is 0 Å². The Hall–Kier alpha value is -0.950. The van der Waals surface area contributed by atoms with Crippen LogP contribution in [0.3, 0.4) is 0 Å². The highest BCUT2D eigenvalue weighted by molar-refractivity contribution is 5.85. The van der Waals surface area contributed by atoms with Gasteiger partial charge >= 0.3 is 6.18 Å². The van der Waals surface area contributed by atoms with Gasteiger partial charge in [-0.3, -0.25) is 0 Å². The smallest absolute Gasteiger partial charge is 0.316 e. The molecule has 0 aliphatic carbocycles. The van der Waals surface area contributed by atoms with Gasteiger partial charge in [0.05, 0.1) is 0 Å². The van der Waals surface area contributed by atoms with E-state index in [1.165, 1.54) is 0 Å². The third kappa shape index (κ3) is 2.79. The summed E-state index contributed by atoms with van der Waals surface area (Å²) < 4.78 is 73.9. The van der Waals surface area contributed by atoms with Gasteiger partial charge in [-0.15, -0.1) is 12.4 Å². The average Bonchev–Trinajstić information content (AvgIpc) is 2.12. The zero-order chi connectivity index (χ0) is 11.8. The average molecular weight is 266 g/mol. The van der Waals surface area contributed by atoms with Crippen LogP contribution in [0.2, 0.25) is 0 Å². The van der Waals surface area contributed by atoms with E-state index in [9.17, 15) is 26.3 Å². The number of hydrogen-bond acceptors (Lipinski definition) is 1. The fourth-order valence-corrected chi connectivity index (χ4v) is 0.957. The van der Waals surface area contributed by atoms with Crippen LogP contribution in [0.4, 0.5) is 26.3 Å². The molecular formula is C8H6ClF6N. The predicted octanol–water partition coefficient (Wildman–Crippen LogP) is 3.09. The van der Waals surface area contributed by atoms with Crippen molar-refractivity contribution < 1.29 is 26.3 Å². The summed E-state index contributed by atoms with van der Waals surface area (Å²) in [5.41, 5.74) is 3.51. The van der Waals surface area contributed by atoms with Crippen LogP contribution in [0.25, 0.3) is 0 Å². The van der Waals surface area contributed by atoms with Crippen molar-refractivity contribution >= 4 is 12.4 Å². The molecule has 0 fully saturated rings. The molecule has 0 saturated carbocycles. The number of rotatable bonds is 1. The van der Waals surface area contributed by atoms with Crippen molar-refractivity contribution in [2.45, 2.75) is 12.2 Å². The van der Waals surface area contributed by atoms with E-state index >= 15 is 0 Å². The molecule has 1 aromatic carbocycles. The monoisotopic (exact) mass is 265 g/mol. The van der Waals surface area contributed by atoms with Crippen LogP contribution in [0, 0.1) is 17.5 Å². The quantitative estimate of drug-likeness (QED) is 0.613. The molecule has 0 aliphatic rings. The summed E-state index contributed by atoms with van der Waals surface area (Å²) >= 11 is 0. The summed E-state index contributed by atoms with van der Waals surface area (Å²) in [7, 11) is 0.